The number of piperidine rings is 2. The van der Waals surface area contributed by atoms with Crippen molar-refractivity contribution in [3.8, 4) is 0 Å². The molecule has 7 unspecified atom stereocenters. The van der Waals surface area contributed by atoms with E-state index in [-0.39, 0.29) is 29.7 Å². The van der Waals surface area contributed by atoms with Gasteiger partial charge >= 0.3 is 0 Å². The number of nitrogens with zero attached hydrogens (tertiary/aromatic N) is 5. The highest BCUT2D eigenvalue weighted by Crippen LogP contribution is 2.82. The van der Waals surface area contributed by atoms with Crippen LogP contribution in [-0.4, -0.2) is 62.4 Å². The standard InChI is InChI=1S/C34H36N6O4/c1-17-23-13-34(18(2)28(17)30(23)34)33(44)38-10-8-20(9-11-38)39-16-19(14-36-39)12-24-21-4-3-5-22-29(21)26(15-35-24)40(32(22)43)25-6-7-27(41)37-31(25)42/h3-5,14-18,20,23,25,28,30H,6-13H2,1-2H3,(H,37,41,42). The van der Waals surface area contributed by atoms with Gasteiger partial charge in [-0.2, -0.15) is 5.10 Å². The number of hydrogen-bond acceptors (Lipinski definition) is 6. The first-order chi connectivity index (χ1) is 21.3. The lowest BCUT2D eigenvalue weighted by Crippen LogP contribution is -2.81. The smallest absolute Gasteiger partial charge is 0.259 e. The zero-order valence-corrected chi connectivity index (χ0v) is 25.0. The quantitative estimate of drug-likeness (QED) is 0.454. The summed E-state index contributed by atoms with van der Waals surface area (Å²) in [6, 6.07) is 5.15. The molecule has 9 rings (SSSR count). The summed E-state index contributed by atoms with van der Waals surface area (Å²) in [5.41, 5.74) is 3.00. The van der Waals surface area contributed by atoms with Crippen LogP contribution < -0.4 is 10.2 Å². The Hall–Kier alpha value is -4.08. The second-order valence-corrected chi connectivity index (χ2v) is 14.1. The van der Waals surface area contributed by atoms with Gasteiger partial charge in [0.1, 0.15) is 6.04 Å². The number of likely N-dealkylation sites (tertiary alicyclic amines) is 1. The fourth-order valence-corrected chi connectivity index (χ4v) is 10.2. The Morgan fingerprint density at radius 1 is 1.09 bits per heavy atom. The average molecular weight is 593 g/mol. The lowest BCUT2D eigenvalue weighted by molar-refractivity contribution is -0.335. The van der Waals surface area contributed by atoms with Crippen molar-refractivity contribution in [2.75, 3.05) is 18.0 Å². The molecule has 5 heterocycles. The number of hydrogen-bond donors (Lipinski definition) is 1. The van der Waals surface area contributed by atoms with Crippen LogP contribution in [0.2, 0.25) is 0 Å². The van der Waals surface area contributed by atoms with Crippen LogP contribution >= 0.6 is 0 Å². The monoisotopic (exact) mass is 592 g/mol. The number of amides is 4. The van der Waals surface area contributed by atoms with Crippen LogP contribution in [-0.2, 0) is 20.8 Å². The molecule has 0 spiro atoms. The molecule has 226 valence electrons. The minimum atomic E-state index is -0.732. The summed E-state index contributed by atoms with van der Waals surface area (Å²) in [6.45, 7) is 6.27. The normalized spacial score (nSPS) is 33.9. The molecule has 3 aromatic rings. The van der Waals surface area contributed by atoms with Gasteiger partial charge in [0.2, 0.25) is 17.7 Å². The number of aromatic nitrogens is 3. The fourth-order valence-electron chi connectivity index (χ4n) is 10.2. The average Bonchev–Trinajstić information content (AvgIpc) is 3.60. The molecule has 10 heteroatoms. The van der Waals surface area contributed by atoms with Gasteiger partial charge in [-0.1, -0.05) is 26.0 Å². The van der Waals surface area contributed by atoms with Crippen LogP contribution in [0.25, 0.3) is 10.8 Å². The first-order valence-electron chi connectivity index (χ1n) is 16.2. The van der Waals surface area contributed by atoms with Crippen molar-refractivity contribution in [3.05, 3.63) is 53.6 Å². The van der Waals surface area contributed by atoms with E-state index in [0.29, 0.717) is 41.8 Å². The van der Waals surface area contributed by atoms with Crippen molar-refractivity contribution in [1.29, 1.82) is 0 Å². The molecular formula is C34H36N6O4. The van der Waals surface area contributed by atoms with E-state index in [1.807, 2.05) is 18.3 Å². The summed E-state index contributed by atoms with van der Waals surface area (Å²) in [6.07, 6.45) is 9.64. The van der Waals surface area contributed by atoms with E-state index in [2.05, 4.69) is 34.9 Å². The minimum absolute atomic E-state index is 0.0519. The van der Waals surface area contributed by atoms with Crippen molar-refractivity contribution >= 4 is 40.1 Å². The van der Waals surface area contributed by atoms with Crippen LogP contribution in [0.5, 0.6) is 0 Å². The first kappa shape index (κ1) is 26.3. The molecule has 6 aliphatic rings. The molecule has 2 saturated heterocycles. The Labute approximate surface area is 255 Å². The molecule has 3 aliphatic carbocycles. The third-order valence-electron chi connectivity index (χ3n) is 12.5. The Morgan fingerprint density at radius 2 is 1.91 bits per heavy atom. The summed E-state index contributed by atoms with van der Waals surface area (Å²) in [5, 5.41) is 8.77. The Kier molecular flexibility index (Phi) is 5.38. The molecule has 10 nitrogen and oxygen atoms in total. The van der Waals surface area contributed by atoms with Crippen LogP contribution in [0.1, 0.15) is 73.6 Å². The maximum atomic E-state index is 13.7. The summed E-state index contributed by atoms with van der Waals surface area (Å²) >= 11 is 0. The molecule has 4 amide bonds. The number of carbonyl (C=O) groups is 4. The predicted molar refractivity (Wildman–Crippen MR) is 160 cm³/mol. The van der Waals surface area contributed by atoms with Gasteiger partial charge in [0.25, 0.3) is 5.91 Å². The van der Waals surface area contributed by atoms with Gasteiger partial charge in [0.15, 0.2) is 0 Å². The van der Waals surface area contributed by atoms with Crippen molar-refractivity contribution in [1.82, 2.24) is 25.0 Å². The number of pyridine rings is 1. The molecule has 1 N–H and O–H groups in total. The van der Waals surface area contributed by atoms with Gasteiger partial charge in [-0.15, -0.1) is 0 Å². The van der Waals surface area contributed by atoms with Crippen LogP contribution in [0.4, 0.5) is 5.69 Å². The molecular weight excluding hydrogens is 556 g/mol. The van der Waals surface area contributed by atoms with Gasteiger partial charge in [0, 0.05) is 48.5 Å². The van der Waals surface area contributed by atoms with Crippen LogP contribution in [0, 0.1) is 35.0 Å². The van der Waals surface area contributed by atoms with E-state index >= 15 is 0 Å². The molecule has 0 radical (unpaired) electrons. The molecule has 7 atom stereocenters. The molecule has 0 bridgehead atoms. The summed E-state index contributed by atoms with van der Waals surface area (Å²) in [5.74, 6) is 2.98. The summed E-state index contributed by atoms with van der Waals surface area (Å²) in [7, 11) is 0. The number of benzene rings is 1. The second kappa shape index (κ2) is 8.99. The first-order valence-corrected chi connectivity index (χ1v) is 16.2. The van der Waals surface area contributed by atoms with Gasteiger partial charge in [-0.05, 0) is 66.9 Å². The van der Waals surface area contributed by atoms with Crippen molar-refractivity contribution in [3.63, 3.8) is 0 Å². The largest absolute Gasteiger partial charge is 0.342 e. The Bertz CT molecular complexity index is 1780. The summed E-state index contributed by atoms with van der Waals surface area (Å²) in [4.78, 5) is 59.9. The molecule has 2 aromatic heterocycles. The highest BCUT2D eigenvalue weighted by Gasteiger charge is 2.81. The lowest BCUT2D eigenvalue weighted by Gasteiger charge is -2.81. The molecule has 3 aliphatic heterocycles. The van der Waals surface area contributed by atoms with Gasteiger partial charge in [-0.25, -0.2) is 0 Å². The van der Waals surface area contributed by atoms with Gasteiger partial charge in [-0.3, -0.25) is 39.1 Å². The zero-order valence-electron chi connectivity index (χ0n) is 25.0. The number of carbonyl (C=O) groups excluding carboxylic acids is 4. The zero-order chi connectivity index (χ0) is 30.1. The van der Waals surface area contributed by atoms with E-state index in [4.69, 9.17) is 10.1 Å². The fraction of sp³-hybridized carbons (Fsp3) is 0.529. The van der Waals surface area contributed by atoms with Crippen LogP contribution in [0.3, 0.4) is 0 Å². The van der Waals surface area contributed by atoms with E-state index in [0.717, 1.165) is 72.1 Å². The molecule has 44 heavy (non-hydrogen) atoms. The third kappa shape index (κ3) is 3.26. The van der Waals surface area contributed by atoms with Crippen molar-refractivity contribution in [2.45, 2.75) is 64.5 Å². The number of nitrogens with one attached hydrogen (secondary N) is 1. The predicted octanol–water partition coefficient (Wildman–Crippen LogP) is 3.49. The lowest BCUT2D eigenvalue weighted by atomic mass is 9.22. The van der Waals surface area contributed by atoms with E-state index < -0.39 is 11.9 Å². The molecule has 5 fully saturated rings. The van der Waals surface area contributed by atoms with Gasteiger partial charge in [0.05, 0.1) is 35.2 Å². The highest BCUT2D eigenvalue weighted by molar-refractivity contribution is 6.27. The third-order valence-corrected chi connectivity index (χ3v) is 12.5. The molecule has 3 saturated carbocycles. The Balaban J connectivity index is 0.901. The van der Waals surface area contributed by atoms with E-state index in [9.17, 15) is 19.2 Å². The Morgan fingerprint density at radius 3 is 2.66 bits per heavy atom. The number of anilines is 1. The minimum Gasteiger partial charge on any atom is -0.342 e. The van der Waals surface area contributed by atoms with E-state index in [1.54, 1.807) is 12.3 Å². The second-order valence-electron chi connectivity index (χ2n) is 14.1. The molecule has 1 aromatic carbocycles. The maximum Gasteiger partial charge on any atom is 0.259 e. The van der Waals surface area contributed by atoms with Crippen molar-refractivity contribution < 1.29 is 19.2 Å². The topological polar surface area (TPSA) is 118 Å². The van der Waals surface area contributed by atoms with Gasteiger partial charge < -0.3 is 4.90 Å². The van der Waals surface area contributed by atoms with E-state index in [1.165, 1.54) is 4.90 Å². The number of imide groups is 1. The number of rotatable bonds is 5. The summed E-state index contributed by atoms with van der Waals surface area (Å²) < 4.78 is 2.05. The van der Waals surface area contributed by atoms with Crippen molar-refractivity contribution in [2.24, 2.45) is 35.0 Å². The maximum absolute atomic E-state index is 13.7. The van der Waals surface area contributed by atoms with Crippen LogP contribution in [0.15, 0.2) is 36.8 Å². The SMILES string of the molecule is CC1C2CC3(C(=O)N4CCC(n5cc(Cc6ncc7c8c(cccc68)C(=O)N7C6CCC(=O)NC6=O)cn5)CC4)C(C)C1C23. The highest BCUT2D eigenvalue weighted by atomic mass is 16.2.